The van der Waals surface area contributed by atoms with E-state index in [-0.39, 0.29) is 11.7 Å². The molecule has 6 nitrogen and oxygen atoms in total. The van der Waals surface area contributed by atoms with Gasteiger partial charge in [-0.1, -0.05) is 18.2 Å². The number of nitrogens with zero attached hydrogens (tertiary/aromatic N) is 4. The molecule has 7 heteroatoms. The van der Waals surface area contributed by atoms with Gasteiger partial charge < -0.3 is 5.32 Å². The molecule has 0 saturated heterocycles. The number of amides is 1. The smallest absolute Gasteiger partial charge is 0.226 e. The summed E-state index contributed by atoms with van der Waals surface area (Å²) in [5.41, 5.74) is 3.68. The summed E-state index contributed by atoms with van der Waals surface area (Å²) in [5, 5.41) is 11.6. The van der Waals surface area contributed by atoms with E-state index >= 15 is 0 Å². The molecule has 0 radical (unpaired) electrons. The van der Waals surface area contributed by atoms with Gasteiger partial charge in [0.2, 0.25) is 5.91 Å². The Labute approximate surface area is 151 Å². The normalized spacial score (nSPS) is 10.9. The van der Waals surface area contributed by atoms with Crippen molar-refractivity contribution in [3.05, 3.63) is 65.0 Å². The van der Waals surface area contributed by atoms with Crippen molar-refractivity contribution in [2.75, 3.05) is 5.32 Å². The van der Waals surface area contributed by atoms with Crippen molar-refractivity contribution in [1.82, 2.24) is 19.6 Å². The molecule has 0 fully saturated rings. The zero-order chi connectivity index (χ0) is 18.7. The SMILES string of the molecule is Cc1ccn(CCC(=O)Nc2c(C)nn(Cc3ccccc3F)c2C)n1. The fourth-order valence-electron chi connectivity index (χ4n) is 2.83. The van der Waals surface area contributed by atoms with Crippen LogP contribution in [0.3, 0.4) is 0 Å². The molecule has 1 aromatic carbocycles. The van der Waals surface area contributed by atoms with Gasteiger partial charge in [-0.15, -0.1) is 0 Å². The van der Waals surface area contributed by atoms with Gasteiger partial charge in [-0.3, -0.25) is 14.2 Å². The van der Waals surface area contributed by atoms with E-state index in [4.69, 9.17) is 0 Å². The maximum atomic E-state index is 13.9. The third-order valence-corrected chi connectivity index (χ3v) is 4.27. The molecule has 0 spiro atoms. The summed E-state index contributed by atoms with van der Waals surface area (Å²) in [6.45, 7) is 6.45. The molecule has 0 saturated carbocycles. The Bertz CT molecular complexity index is 928. The average Bonchev–Trinajstić information content (AvgIpc) is 3.13. The number of hydrogen-bond donors (Lipinski definition) is 1. The molecule has 0 aliphatic carbocycles. The molecule has 26 heavy (non-hydrogen) atoms. The van der Waals surface area contributed by atoms with Crippen molar-refractivity contribution in [3.8, 4) is 0 Å². The van der Waals surface area contributed by atoms with Gasteiger partial charge in [-0.05, 0) is 32.9 Å². The summed E-state index contributed by atoms with van der Waals surface area (Å²) in [6, 6.07) is 8.52. The van der Waals surface area contributed by atoms with Gasteiger partial charge in [0.15, 0.2) is 0 Å². The zero-order valence-corrected chi connectivity index (χ0v) is 15.2. The van der Waals surface area contributed by atoms with Crippen LogP contribution in [0.2, 0.25) is 0 Å². The zero-order valence-electron chi connectivity index (χ0n) is 15.2. The van der Waals surface area contributed by atoms with E-state index < -0.39 is 0 Å². The number of benzene rings is 1. The lowest BCUT2D eigenvalue weighted by Gasteiger charge is -2.08. The molecule has 2 heterocycles. The van der Waals surface area contributed by atoms with Gasteiger partial charge in [-0.25, -0.2) is 4.39 Å². The standard InChI is InChI=1S/C19H22FN5O/c1-13-8-10-24(22-13)11-9-18(26)21-19-14(2)23-25(15(19)3)12-16-6-4-5-7-17(16)20/h4-8,10H,9,11-12H2,1-3H3,(H,21,26). The Kier molecular flexibility index (Phi) is 5.16. The maximum absolute atomic E-state index is 13.9. The van der Waals surface area contributed by atoms with E-state index in [0.29, 0.717) is 36.5 Å². The first-order valence-electron chi connectivity index (χ1n) is 8.51. The van der Waals surface area contributed by atoms with Crippen molar-refractivity contribution >= 4 is 11.6 Å². The number of rotatable bonds is 6. The first-order valence-corrected chi connectivity index (χ1v) is 8.51. The van der Waals surface area contributed by atoms with Gasteiger partial charge >= 0.3 is 0 Å². The third kappa shape index (κ3) is 3.99. The van der Waals surface area contributed by atoms with E-state index in [9.17, 15) is 9.18 Å². The van der Waals surface area contributed by atoms with Crippen LogP contribution in [0.15, 0.2) is 36.5 Å². The lowest BCUT2D eigenvalue weighted by atomic mass is 10.2. The number of carbonyl (C=O) groups is 1. The summed E-state index contributed by atoms with van der Waals surface area (Å²) in [6.07, 6.45) is 2.17. The van der Waals surface area contributed by atoms with Crippen molar-refractivity contribution in [1.29, 1.82) is 0 Å². The molecular formula is C19H22FN5O. The lowest BCUT2D eigenvalue weighted by molar-refractivity contribution is -0.116. The molecule has 136 valence electrons. The van der Waals surface area contributed by atoms with Gasteiger partial charge in [0, 0.05) is 24.7 Å². The van der Waals surface area contributed by atoms with E-state index in [1.807, 2.05) is 33.0 Å². The number of anilines is 1. The second kappa shape index (κ2) is 7.51. The van der Waals surface area contributed by atoms with Crippen molar-refractivity contribution in [2.45, 2.75) is 40.3 Å². The molecule has 1 N–H and O–H groups in total. The first-order chi connectivity index (χ1) is 12.4. The van der Waals surface area contributed by atoms with Crippen molar-refractivity contribution < 1.29 is 9.18 Å². The fourth-order valence-corrected chi connectivity index (χ4v) is 2.83. The fraction of sp³-hybridized carbons (Fsp3) is 0.316. The molecule has 0 bridgehead atoms. The quantitative estimate of drug-likeness (QED) is 0.738. The van der Waals surface area contributed by atoms with Crippen LogP contribution < -0.4 is 5.32 Å². The van der Waals surface area contributed by atoms with Crippen molar-refractivity contribution in [3.63, 3.8) is 0 Å². The molecule has 1 amide bonds. The minimum atomic E-state index is -0.264. The number of carbonyl (C=O) groups excluding carboxylic acids is 1. The van der Waals surface area contributed by atoms with Gasteiger partial charge in [0.1, 0.15) is 5.82 Å². The molecule has 2 aromatic heterocycles. The van der Waals surface area contributed by atoms with Gasteiger partial charge in [0.25, 0.3) is 0 Å². The second-order valence-corrected chi connectivity index (χ2v) is 6.31. The Morgan fingerprint density at radius 2 is 1.92 bits per heavy atom. The second-order valence-electron chi connectivity index (χ2n) is 6.31. The molecule has 0 aliphatic rings. The van der Waals surface area contributed by atoms with Crippen LogP contribution in [0.25, 0.3) is 0 Å². The molecule has 3 rings (SSSR count). The van der Waals surface area contributed by atoms with Crippen LogP contribution in [0.4, 0.5) is 10.1 Å². The Morgan fingerprint density at radius 3 is 2.62 bits per heavy atom. The topological polar surface area (TPSA) is 64.7 Å². The lowest BCUT2D eigenvalue weighted by Crippen LogP contribution is -2.16. The summed E-state index contributed by atoms with van der Waals surface area (Å²) in [7, 11) is 0. The third-order valence-electron chi connectivity index (χ3n) is 4.27. The number of aromatic nitrogens is 4. The molecule has 0 atom stereocenters. The Hall–Kier alpha value is -2.96. The largest absolute Gasteiger partial charge is 0.323 e. The number of aryl methyl sites for hydroxylation is 3. The van der Waals surface area contributed by atoms with Gasteiger partial charge in [0.05, 0.1) is 29.3 Å². The molecule has 3 aromatic rings. The maximum Gasteiger partial charge on any atom is 0.226 e. The van der Waals surface area contributed by atoms with Crippen LogP contribution >= 0.6 is 0 Å². The summed E-state index contributed by atoms with van der Waals surface area (Å²) in [4.78, 5) is 12.3. The summed E-state index contributed by atoms with van der Waals surface area (Å²) in [5.74, 6) is -0.366. The van der Waals surface area contributed by atoms with Crippen LogP contribution in [0.1, 0.15) is 29.1 Å². The molecule has 0 aliphatic heterocycles. The first kappa shape index (κ1) is 17.8. The Balaban J connectivity index is 1.67. The van der Waals surface area contributed by atoms with Crippen molar-refractivity contribution in [2.24, 2.45) is 0 Å². The molecular weight excluding hydrogens is 333 g/mol. The number of hydrogen-bond acceptors (Lipinski definition) is 3. The van der Waals surface area contributed by atoms with Crippen LogP contribution in [0.5, 0.6) is 0 Å². The van der Waals surface area contributed by atoms with Gasteiger partial charge in [-0.2, -0.15) is 10.2 Å². The van der Waals surface area contributed by atoms with E-state index in [2.05, 4.69) is 15.5 Å². The summed E-state index contributed by atoms with van der Waals surface area (Å²) < 4.78 is 17.3. The average molecular weight is 355 g/mol. The number of nitrogens with one attached hydrogen (secondary N) is 1. The molecule has 0 unspecified atom stereocenters. The van der Waals surface area contributed by atoms with E-state index in [1.165, 1.54) is 6.07 Å². The highest BCUT2D eigenvalue weighted by atomic mass is 19.1. The predicted molar refractivity (Wildman–Crippen MR) is 97.4 cm³/mol. The van der Waals surface area contributed by atoms with E-state index in [1.54, 1.807) is 27.6 Å². The summed E-state index contributed by atoms with van der Waals surface area (Å²) >= 11 is 0. The monoisotopic (exact) mass is 355 g/mol. The highest BCUT2D eigenvalue weighted by molar-refractivity contribution is 5.91. The Morgan fingerprint density at radius 1 is 1.15 bits per heavy atom. The number of halogens is 1. The van der Waals surface area contributed by atoms with Crippen LogP contribution in [-0.4, -0.2) is 25.5 Å². The van der Waals surface area contributed by atoms with Crippen LogP contribution in [0, 0.1) is 26.6 Å². The minimum Gasteiger partial charge on any atom is -0.323 e. The van der Waals surface area contributed by atoms with Crippen LogP contribution in [-0.2, 0) is 17.9 Å². The predicted octanol–water partition coefficient (Wildman–Crippen LogP) is 3.22. The highest BCUT2D eigenvalue weighted by Gasteiger charge is 2.15. The van der Waals surface area contributed by atoms with E-state index in [0.717, 1.165) is 11.4 Å². The highest BCUT2D eigenvalue weighted by Crippen LogP contribution is 2.21. The minimum absolute atomic E-state index is 0.102.